The SMILES string of the molecule is CCCCOC(=O)NCCCC(CNC(=O)OCCCC)COCCOC. The third-order valence-electron chi connectivity index (χ3n) is 3.84. The number of carbonyl (C=O) groups is 2. The molecule has 0 fully saturated rings. The summed E-state index contributed by atoms with van der Waals surface area (Å²) in [4.78, 5) is 23.2. The van der Waals surface area contributed by atoms with Crippen molar-refractivity contribution in [2.45, 2.75) is 52.4 Å². The highest BCUT2D eigenvalue weighted by Crippen LogP contribution is 2.06. The van der Waals surface area contributed by atoms with Crippen molar-refractivity contribution in [3.05, 3.63) is 0 Å². The van der Waals surface area contributed by atoms with Crippen LogP contribution in [0.15, 0.2) is 0 Å². The molecule has 0 aliphatic carbocycles. The first kappa shape index (κ1) is 25.5. The van der Waals surface area contributed by atoms with Gasteiger partial charge in [-0.1, -0.05) is 26.7 Å². The number of ether oxygens (including phenoxy) is 4. The van der Waals surface area contributed by atoms with Crippen LogP contribution in [-0.4, -0.2) is 65.4 Å². The van der Waals surface area contributed by atoms with Crippen LogP contribution in [0.1, 0.15) is 52.4 Å². The molecule has 0 saturated heterocycles. The van der Waals surface area contributed by atoms with Gasteiger partial charge in [0.05, 0.1) is 33.0 Å². The molecule has 0 radical (unpaired) electrons. The maximum Gasteiger partial charge on any atom is 0.407 e. The number of rotatable bonds is 17. The predicted octanol–water partition coefficient (Wildman–Crippen LogP) is 3.10. The largest absolute Gasteiger partial charge is 0.450 e. The number of amides is 2. The van der Waals surface area contributed by atoms with Crippen molar-refractivity contribution >= 4 is 12.2 Å². The van der Waals surface area contributed by atoms with Gasteiger partial charge in [-0.25, -0.2) is 9.59 Å². The highest BCUT2D eigenvalue weighted by molar-refractivity contribution is 5.67. The van der Waals surface area contributed by atoms with Crippen molar-refractivity contribution < 1.29 is 28.5 Å². The molecule has 8 nitrogen and oxygen atoms in total. The van der Waals surface area contributed by atoms with Crippen molar-refractivity contribution in [3.8, 4) is 0 Å². The Morgan fingerprint density at radius 1 is 0.852 bits per heavy atom. The minimum Gasteiger partial charge on any atom is -0.450 e. The zero-order valence-electron chi connectivity index (χ0n) is 17.2. The van der Waals surface area contributed by atoms with Gasteiger partial charge in [0, 0.05) is 20.2 Å². The number of methoxy groups -OCH3 is 1. The van der Waals surface area contributed by atoms with Crippen LogP contribution in [0.3, 0.4) is 0 Å². The second-order valence-electron chi connectivity index (χ2n) is 6.36. The van der Waals surface area contributed by atoms with E-state index in [-0.39, 0.29) is 12.0 Å². The van der Waals surface area contributed by atoms with Crippen molar-refractivity contribution in [1.29, 1.82) is 0 Å². The van der Waals surface area contributed by atoms with Gasteiger partial charge in [-0.15, -0.1) is 0 Å². The van der Waals surface area contributed by atoms with Crippen molar-refractivity contribution in [3.63, 3.8) is 0 Å². The average Bonchev–Trinajstić information content (AvgIpc) is 2.66. The van der Waals surface area contributed by atoms with E-state index in [4.69, 9.17) is 18.9 Å². The third kappa shape index (κ3) is 17.6. The molecular weight excluding hydrogens is 352 g/mol. The van der Waals surface area contributed by atoms with Crippen molar-refractivity contribution in [2.24, 2.45) is 5.92 Å². The molecule has 0 rings (SSSR count). The molecule has 0 aliphatic heterocycles. The maximum atomic E-state index is 11.7. The van der Waals surface area contributed by atoms with Gasteiger partial charge in [0.25, 0.3) is 0 Å². The summed E-state index contributed by atoms with van der Waals surface area (Å²) < 4.78 is 20.7. The van der Waals surface area contributed by atoms with E-state index in [0.717, 1.165) is 38.5 Å². The molecule has 1 atom stereocenters. The van der Waals surface area contributed by atoms with Crippen molar-refractivity contribution in [1.82, 2.24) is 10.6 Å². The van der Waals surface area contributed by atoms with Crippen LogP contribution in [0.5, 0.6) is 0 Å². The van der Waals surface area contributed by atoms with Crippen molar-refractivity contribution in [2.75, 3.05) is 53.2 Å². The molecule has 0 aromatic carbocycles. The standard InChI is InChI=1S/C19H38N2O6/c1-4-6-11-26-18(22)20-10-8-9-17(16-25-14-13-24-3)15-21-19(23)27-12-7-5-2/h17H,4-16H2,1-3H3,(H,20,22)(H,21,23). The van der Waals surface area contributed by atoms with Crippen LogP contribution < -0.4 is 10.6 Å². The Bertz CT molecular complexity index is 368. The van der Waals surface area contributed by atoms with Gasteiger partial charge in [-0.3, -0.25) is 0 Å². The smallest absolute Gasteiger partial charge is 0.407 e. The molecule has 160 valence electrons. The number of alkyl carbamates (subject to hydrolysis) is 2. The molecule has 0 aliphatic rings. The Balaban J connectivity index is 4.03. The highest BCUT2D eigenvalue weighted by Gasteiger charge is 2.12. The van der Waals surface area contributed by atoms with Crippen LogP contribution in [0.25, 0.3) is 0 Å². The van der Waals surface area contributed by atoms with E-state index in [0.29, 0.717) is 46.1 Å². The number of hydrogen-bond donors (Lipinski definition) is 2. The van der Waals surface area contributed by atoms with E-state index in [2.05, 4.69) is 10.6 Å². The summed E-state index contributed by atoms with van der Waals surface area (Å²) in [6.07, 6.45) is 4.50. The van der Waals surface area contributed by atoms with Crippen LogP contribution in [-0.2, 0) is 18.9 Å². The maximum absolute atomic E-state index is 11.7. The first-order valence-corrected chi connectivity index (χ1v) is 10.0. The summed E-state index contributed by atoms with van der Waals surface area (Å²) in [6.45, 7) is 7.52. The van der Waals surface area contributed by atoms with Gasteiger partial charge in [0.15, 0.2) is 0 Å². The number of nitrogens with one attached hydrogen (secondary N) is 2. The minimum absolute atomic E-state index is 0.137. The molecule has 0 bridgehead atoms. The molecule has 0 aromatic heterocycles. The topological polar surface area (TPSA) is 95.1 Å². The number of unbranched alkanes of at least 4 members (excludes halogenated alkanes) is 2. The molecule has 8 heteroatoms. The lowest BCUT2D eigenvalue weighted by Gasteiger charge is -2.18. The van der Waals surface area contributed by atoms with Gasteiger partial charge in [-0.05, 0) is 31.6 Å². The lowest BCUT2D eigenvalue weighted by Crippen LogP contribution is -2.33. The lowest BCUT2D eigenvalue weighted by molar-refractivity contribution is 0.0487. The first-order chi connectivity index (χ1) is 13.1. The molecule has 1 unspecified atom stereocenters. The molecule has 2 N–H and O–H groups in total. The van der Waals surface area contributed by atoms with E-state index >= 15 is 0 Å². The summed E-state index contributed by atoms with van der Waals surface area (Å²) in [7, 11) is 1.62. The van der Waals surface area contributed by atoms with Crippen LogP contribution in [0.4, 0.5) is 9.59 Å². The van der Waals surface area contributed by atoms with E-state index in [1.54, 1.807) is 7.11 Å². The van der Waals surface area contributed by atoms with Crippen LogP contribution >= 0.6 is 0 Å². The summed E-state index contributed by atoms with van der Waals surface area (Å²) in [5.41, 5.74) is 0. The molecule has 0 saturated carbocycles. The van der Waals surface area contributed by atoms with E-state index in [1.165, 1.54) is 0 Å². The fourth-order valence-corrected chi connectivity index (χ4v) is 2.17. The van der Waals surface area contributed by atoms with Gasteiger partial charge in [0.2, 0.25) is 0 Å². The Morgan fingerprint density at radius 2 is 1.48 bits per heavy atom. The fraction of sp³-hybridized carbons (Fsp3) is 0.895. The Morgan fingerprint density at radius 3 is 2.07 bits per heavy atom. The van der Waals surface area contributed by atoms with Gasteiger partial charge in [-0.2, -0.15) is 0 Å². The van der Waals surface area contributed by atoms with E-state index < -0.39 is 6.09 Å². The van der Waals surface area contributed by atoms with Gasteiger partial charge in [0.1, 0.15) is 0 Å². The summed E-state index contributed by atoms with van der Waals surface area (Å²) in [5.74, 6) is 0.137. The zero-order chi connectivity index (χ0) is 20.2. The molecular formula is C19H38N2O6. The highest BCUT2D eigenvalue weighted by atomic mass is 16.6. The average molecular weight is 391 g/mol. The van der Waals surface area contributed by atoms with Crippen LogP contribution in [0, 0.1) is 5.92 Å². The monoisotopic (exact) mass is 390 g/mol. The number of carbonyl (C=O) groups excluding carboxylic acids is 2. The quantitative estimate of drug-likeness (QED) is 0.371. The normalized spacial score (nSPS) is 11.7. The first-order valence-electron chi connectivity index (χ1n) is 10.0. The van der Waals surface area contributed by atoms with Gasteiger partial charge < -0.3 is 29.6 Å². The van der Waals surface area contributed by atoms with E-state index in [1.807, 2.05) is 13.8 Å². The van der Waals surface area contributed by atoms with Crippen LogP contribution in [0.2, 0.25) is 0 Å². The summed E-state index contributed by atoms with van der Waals surface area (Å²) >= 11 is 0. The summed E-state index contributed by atoms with van der Waals surface area (Å²) in [5, 5.41) is 5.52. The van der Waals surface area contributed by atoms with Gasteiger partial charge >= 0.3 is 12.2 Å². The Kier molecular flexibility index (Phi) is 18.1. The molecule has 27 heavy (non-hydrogen) atoms. The molecule has 0 spiro atoms. The lowest BCUT2D eigenvalue weighted by atomic mass is 10.0. The summed E-state index contributed by atoms with van der Waals surface area (Å²) in [6, 6.07) is 0. The Hall–Kier alpha value is -1.54. The predicted molar refractivity (Wildman–Crippen MR) is 104 cm³/mol. The Labute approximate surface area is 163 Å². The second kappa shape index (κ2) is 19.2. The third-order valence-corrected chi connectivity index (χ3v) is 3.84. The second-order valence-corrected chi connectivity index (χ2v) is 6.36. The number of hydrogen-bond acceptors (Lipinski definition) is 6. The fourth-order valence-electron chi connectivity index (χ4n) is 2.17. The molecule has 0 heterocycles. The zero-order valence-corrected chi connectivity index (χ0v) is 17.2. The molecule has 0 aromatic rings. The molecule has 2 amide bonds. The minimum atomic E-state index is -0.400. The van der Waals surface area contributed by atoms with E-state index in [9.17, 15) is 9.59 Å².